The molecule has 1 aliphatic rings. The van der Waals surface area contributed by atoms with E-state index in [1.54, 1.807) is 23.2 Å². The molecule has 1 N–H and O–H groups in total. The van der Waals surface area contributed by atoms with Gasteiger partial charge in [0.2, 0.25) is 0 Å². The maximum absolute atomic E-state index is 14.3. The van der Waals surface area contributed by atoms with Crippen molar-refractivity contribution in [1.82, 2.24) is 9.88 Å². The zero-order valence-electron chi connectivity index (χ0n) is 12.7. The van der Waals surface area contributed by atoms with Crippen molar-refractivity contribution in [3.05, 3.63) is 42.0 Å². The first-order valence-corrected chi connectivity index (χ1v) is 7.38. The number of rotatable bonds is 2. The molecule has 1 amide bonds. The Kier molecular flexibility index (Phi) is 3.60. The first kappa shape index (κ1) is 14.9. The second-order valence-electron chi connectivity index (χ2n) is 6.42. The molecule has 2 atom stereocenters. The highest BCUT2D eigenvalue weighted by Crippen LogP contribution is 2.36. The molecule has 116 valence electrons. The van der Waals surface area contributed by atoms with Crippen LogP contribution in [-0.4, -0.2) is 40.6 Å². The fourth-order valence-corrected chi connectivity index (χ4v) is 3.08. The van der Waals surface area contributed by atoms with Crippen molar-refractivity contribution in [2.75, 3.05) is 19.7 Å². The molecular weight excluding hydrogens is 283 g/mol. The van der Waals surface area contributed by atoms with Gasteiger partial charge in [-0.05, 0) is 23.4 Å². The van der Waals surface area contributed by atoms with E-state index in [9.17, 15) is 14.3 Å². The summed E-state index contributed by atoms with van der Waals surface area (Å²) in [6.45, 7) is 4.92. The van der Waals surface area contributed by atoms with Crippen LogP contribution in [-0.2, 0) is 0 Å². The van der Waals surface area contributed by atoms with Gasteiger partial charge in [0.05, 0.1) is 12.2 Å². The number of aliphatic hydroxyl groups excluding tert-OH is 1. The van der Waals surface area contributed by atoms with Gasteiger partial charge >= 0.3 is 0 Å². The van der Waals surface area contributed by atoms with Crippen LogP contribution >= 0.6 is 0 Å². The molecule has 0 radical (unpaired) electrons. The summed E-state index contributed by atoms with van der Waals surface area (Å²) in [6, 6.07) is 4.73. The van der Waals surface area contributed by atoms with Crippen molar-refractivity contribution in [2.24, 2.45) is 11.3 Å². The molecule has 1 fully saturated rings. The molecular formula is C17H19FN2O2. The molecule has 5 heteroatoms. The number of amides is 1. The molecule has 22 heavy (non-hydrogen) atoms. The van der Waals surface area contributed by atoms with Crippen molar-refractivity contribution in [1.29, 1.82) is 0 Å². The summed E-state index contributed by atoms with van der Waals surface area (Å²) in [4.78, 5) is 18.4. The topological polar surface area (TPSA) is 53.4 Å². The number of halogens is 1. The number of aromatic nitrogens is 1. The number of aliphatic hydroxyl groups is 1. The molecule has 0 saturated carbocycles. The second kappa shape index (κ2) is 5.32. The highest BCUT2D eigenvalue weighted by Gasteiger charge is 2.42. The van der Waals surface area contributed by atoms with Crippen LogP contribution in [0.15, 0.2) is 30.6 Å². The maximum atomic E-state index is 14.3. The van der Waals surface area contributed by atoms with Crippen LogP contribution in [0.25, 0.3) is 10.8 Å². The third kappa shape index (κ3) is 2.25. The van der Waals surface area contributed by atoms with E-state index in [1.807, 2.05) is 13.8 Å². The standard InChI is InChI=1S/C17H19FN2O2/c1-11-8-20(9-17(11,2)10-21)16(22)15-13-7-19-6-5-12(13)3-4-14(15)18/h3-7,11,21H,8-10H2,1-2H3. The lowest BCUT2D eigenvalue weighted by Crippen LogP contribution is -2.33. The Morgan fingerprint density at radius 3 is 2.95 bits per heavy atom. The minimum Gasteiger partial charge on any atom is -0.396 e. The summed E-state index contributed by atoms with van der Waals surface area (Å²) in [5.41, 5.74) is -0.269. The first-order valence-electron chi connectivity index (χ1n) is 7.38. The summed E-state index contributed by atoms with van der Waals surface area (Å²) in [5.74, 6) is -0.700. The number of carbonyl (C=O) groups is 1. The average Bonchev–Trinajstić information content (AvgIpc) is 2.83. The van der Waals surface area contributed by atoms with E-state index in [1.165, 1.54) is 12.3 Å². The Labute approximate surface area is 128 Å². The molecule has 0 spiro atoms. The highest BCUT2D eigenvalue weighted by atomic mass is 19.1. The Hall–Kier alpha value is -2.01. The number of carbonyl (C=O) groups excluding carboxylic acids is 1. The van der Waals surface area contributed by atoms with Gasteiger partial charge in [-0.25, -0.2) is 4.39 Å². The van der Waals surface area contributed by atoms with Crippen molar-refractivity contribution in [3.63, 3.8) is 0 Å². The van der Waals surface area contributed by atoms with Gasteiger partial charge in [-0.1, -0.05) is 19.9 Å². The molecule has 0 aliphatic carbocycles. The van der Waals surface area contributed by atoms with Crippen molar-refractivity contribution >= 4 is 16.7 Å². The zero-order chi connectivity index (χ0) is 15.9. The molecule has 2 aromatic rings. The summed E-state index contributed by atoms with van der Waals surface area (Å²) >= 11 is 0. The number of pyridine rings is 1. The Morgan fingerprint density at radius 1 is 1.50 bits per heavy atom. The van der Waals surface area contributed by atoms with Crippen LogP contribution in [0.3, 0.4) is 0 Å². The van der Waals surface area contributed by atoms with E-state index in [2.05, 4.69) is 4.98 Å². The maximum Gasteiger partial charge on any atom is 0.257 e. The molecule has 2 heterocycles. The number of hydrogen-bond acceptors (Lipinski definition) is 3. The van der Waals surface area contributed by atoms with Crippen molar-refractivity contribution < 1.29 is 14.3 Å². The fourth-order valence-electron chi connectivity index (χ4n) is 3.08. The predicted molar refractivity (Wildman–Crippen MR) is 82.0 cm³/mol. The van der Waals surface area contributed by atoms with E-state index in [0.29, 0.717) is 18.5 Å². The molecule has 3 rings (SSSR count). The molecule has 1 aromatic heterocycles. The molecule has 1 aliphatic heterocycles. The van der Waals surface area contributed by atoms with E-state index >= 15 is 0 Å². The quantitative estimate of drug-likeness (QED) is 0.927. The SMILES string of the molecule is CC1CN(C(=O)c2c(F)ccc3ccncc23)CC1(C)CO. The van der Waals surface area contributed by atoms with Gasteiger partial charge in [0, 0.05) is 36.3 Å². The van der Waals surface area contributed by atoms with E-state index < -0.39 is 5.82 Å². The summed E-state index contributed by atoms with van der Waals surface area (Å²) in [7, 11) is 0. The van der Waals surface area contributed by atoms with Crippen molar-refractivity contribution in [3.8, 4) is 0 Å². The van der Waals surface area contributed by atoms with Gasteiger partial charge in [0.1, 0.15) is 5.82 Å². The molecule has 0 bridgehead atoms. The number of hydrogen-bond donors (Lipinski definition) is 1. The summed E-state index contributed by atoms with van der Waals surface area (Å²) in [6.07, 6.45) is 3.14. The van der Waals surface area contributed by atoms with Gasteiger partial charge in [0.15, 0.2) is 0 Å². The fraction of sp³-hybridized carbons (Fsp3) is 0.412. The van der Waals surface area contributed by atoms with Gasteiger partial charge in [-0.15, -0.1) is 0 Å². The van der Waals surface area contributed by atoms with Crippen molar-refractivity contribution in [2.45, 2.75) is 13.8 Å². The van der Waals surface area contributed by atoms with Crippen LogP contribution in [0.1, 0.15) is 24.2 Å². The van der Waals surface area contributed by atoms with Gasteiger partial charge < -0.3 is 10.0 Å². The van der Waals surface area contributed by atoms with Crippen LogP contribution in [0.4, 0.5) is 4.39 Å². The Balaban J connectivity index is 2.02. The molecule has 4 nitrogen and oxygen atoms in total. The zero-order valence-corrected chi connectivity index (χ0v) is 12.7. The smallest absolute Gasteiger partial charge is 0.257 e. The number of likely N-dealkylation sites (tertiary alicyclic amines) is 1. The van der Waals surface area contributed by atoms with Crippen LogP contribution in [0.2, 0.25) is 0 Å². The Morgan fingerprint density at radius 2 is 2.27 bits per heavy atom. The van der Waals surface area contributed by atoms with E-state index in [-0.39, 0.29) is 29.4 Å². The van der Waals surface area contributed by atoms with Crippen LogP contribution in [0, 0.1) is 17.2 Å². The predicted octanol–water partition coefficient (Wildman–Crippen LogP) is 2.46. The average molecular weight is 302 g/mol. The lowest BCUT2D eigenvalue weighted by atomic mass is 9.82. The van der Waals surface area contributed by atoms with Gasteiger partial charge in [0.25, 0.3) is 5.91 Å². The van der Waals surface area contributed by atoms with Gasteiger partial charge in [-0.3, -0.25) is 9.78 Å². The largest absolute Gasteiger partial charge is 0.396 e. The first-order chi connectivity index (χ1) is 10.5. The number of nitrogens with zero attached hydrogens (tertiary/aromatic N) is 2. The number of benzene rings is 1. The minimum atomic E-state index is -0.532. The lowest BCUT2D eigenvalue weighted by Gasteiger charge is -2.25. The Bertz CT molecular complexity index is 734. The summed E-state index contributed by atoms with van der Waals surface area (Å²) in [5, 5.41) is 10.9. The molecule has 1 aromatic carbocycles. The van der Waals surface area contributed by atoms with E-state index in [4.69, 9.17) is 0 Å². The second-order valence-corrected chi connectivity index (χ2v) is 6.42. The van der Waals surface area contributed by atoms with Crippen LogP contribution < -0.4 is 0 Å². The highest BCUT2D eigenvalue weighted by molar-refractivity contribution is 6.07. The minimum absolute atomic E-state index is 0.0114. The van der Waals surface area contributed by atoms with E-state index in [0.717, 1.165) is 5.39 Å². The summed E-state index contributed by atoms with van der Waals surface area (Å²) < 4.78 is 14.3. The third-order valence-electron chi connectivity index (χ3n) is 4.87. The van der Waals surface area contributed by atoms with Gasteiger partial charge in [-0.2, -0.15) is 0 Å². The molecule has 1 saturated heterocycles. The number of fused-ring (bicyclic) bond motifs is 1. The monoisotopic (exact) mass is 302 g/mol. The lowest BCUT2D eigenvalue weighted by molar-refractivity contribution is 0.0746. The normalized spacial score (nSPS) is 24.9. The van der Waals surface area contributed by atoms with Crippen LogP contribution in [0.5, 0.6) is 0 Å². The molecule has 2 unspecified atom stereocenters. The third-order valence-corrected chi connectivity index (χ3v) is 4.87.